The Labute approximate surface area is 144 Å². The Kier molecular flexibility index (Phi) is 6.40. The van der Waals surface area contributed by atoms with Crippen LogP contribution in [0.25, 0.3) is 0 Å². The van der Waals surface area contributed by atoms with Crippen molar-refractivity contribution in [2.24, 2.45) is 0 Å². The number of anilines is 2. The van der Waals surface area contributed by atoms with Crippen LogP contribution in [0.4, 0.5) is 15.8 Å². The van der Waals surface area contributed by atoms with Crippen LogP contribution in [0, 0.1) is 5.82 Å². The molecule has 0 aromatic heterocycles. The second kappa shape index (κ2) is 8.52. The first-order valence-electron chi connectivity index (χ1n) is 7.57. The van der Waals surface area contributed by atoms with Crippen molar-refractivity contribution in [3.8, 4) is 5.75 Å². The smallest absolute Gasteiger partial charge is 0.257 e. The van der Waals surface area contributed by atoms with E-state index in [9.17, 15) is 9.18 Å². The summed E-state index contributed by atoms with van der Waals surface area (Å²) in [7, 11) is 0. The zero-order valence-electron chi connectivity index (χ0n) is 13.2. The average molecular weight is 352 g/mol. The lowest BCUT2D eigenvalue weighted by Gasteiger charge is -2.12. The number of nitrogens with two attached hydrogens (primary N) is 1. The minimum absolute atomic E-state index is 0.0417. The molecular weight excluding hydrogens is 333 g/mol. The quantitative estimate of drug-likeness (QED) is 0.400. The molecule has 0 aliphatic carbocycles. The van der Waals surface area contributed by atoms with E-state index in [1.54, 1.807) is 24.3 Å². The molecule has 24 heavy (non-hydrogen) atoms. The maximum atomic E-state index is 14.0. The lowest BCUT2D eigenvalue weighted by Crippen LogP contribution is -2.20. The Morgan fingerprint density at radius 2 is 2.08 bits per heavy atom. The molecular formula is C17H19ClFN3O2. The highest BCUT2D eigenvalue weighted by Crippen LogP contribution is 2.30. The zero-order chi connectivity index (χ0) is 17.5. The van der Waals surface area contributed by atoms with Gasteiger partial charge in [0.15, 0.2) is 5.75 Å². The number of hydrogen-bond donors (Lipinski definition) is 3. The zero-order valence-corrected chi connectivity index (χ0v) is 14.0. The molecule has 7 heteroatoms. The number of rotatable bonds is 7. The van der Waals surface area contributed by atoms with Crippen molar-refractivity contribution in [2.45, 2.75) is 19.8 Å². The molecule has 128 valence electrons. The van der Waals surface area contributed by atoms with Crippen molar-refractivity contribution in [2.75, 3.05) is 17.6 Å². The Balaban J connectivity index is 2.14. The highest BCUT2D eigenvalue weighted by molar-refractivity contribution is 6.32. The van der Waals surface area contributed by atoms with Crippen LogP contribution in [0.3, 0.4) is 0 Å². The molecule has 0 heterocycles. The number of hydroxylamine groups is 1. The molecule has 4 N–H and O–H groups in total. The van der Waals surface area contributed by atoms with Gasteiger partial charge in [0.1, 0.15) is 5.82 Å². The maximum absolute atomic E-state index is 14.0. The van der Waals surface area contributed by atoms with Gasteiger partial charge in [0.25, 0.3) is 5.91 Å². The largest absolute Gasteiger partial charge is 0.407 e. The van der Waals surface area contributed by atoms with Crippen molar-refractivity contribution in [3.63, 3.8) is 0 Å². The first kappa shape index (κ1) is 18.0. The van der Waals surface area contributed by atoms with Crippen molar-refractivity contribution in [1.29, 1.82) is 0 Å². The molecule has 0 spiro atoms. The van der Waals surface area contributed by atoms with Gasteiger partial charge in [-0.1, -0.05) is 37.1 Å². The maximum Gasteiger partial charge on any atom is 0.257 e. The SMILES string of the molecule is CCCCNOc1cc(NC(=O)c2ccccc2N)c(F)cc1Cl. The molecule has 2 aromatic carbocycles. The summed E-state index contributed by atoms with van der Waals surface area (Å²) >= 11 is 5.96. The van der Waals surface area contributed by atoms with Crippen molar-refractivity contribution >= 4 is 28.9 Å². The van der Waals surface area contributed by atoms with E-state index in [1.807, 2.05) is 0 Å². The van der Waals surface area contributed by atoms with E-state index >= 15 is 0 Å². The highest BCUT2D eigenvalue weighted by Gasteiger charge is 2.15. The lowest BCUT2D eigenvalue weighted by molar-refractivity contribution is 0.102. The van der Waals surface area contributed by atoms with Gasteiger partial charge in [-0.25, -0.2) is 4.39 Å². The van der Waals surface area contributed by atoms with Gasteiger partial charge in [0.05, 0.1) is 16.3 Å². The summed E-state index contributed by atoms with van der Waals surface area (Å²) in [6.07, 6.45) is 1.93. The molecule has 0 saturated carbocycles. The molecule has 0 bridgehead atoms. The van der Waals surface area contributed by atoms with Crippen LogP contribution < -0.4 is 21.4 Å². The van der Waals surface area contributed by atoms with Gasteiger partial charge in [-0.2, -0.15) is 5.48 Å². The van der Waals surface area contributed by atoms with E-state index in [4.69, 9.17) is 22.2 Å². The van der Waals surface area contributed by atoms with Crippen LogP contribution >= 0.6 is 11.6 Å². The van der Waals surface area contributed by atoms with Gasteiger partial charge in [-0.3, -0.25) is 4.79 Å². The van der Waals surface area contributed by atoms with Crippen LogP contribution in [0.5, 0.6) is 5.75 Å². The topological polar surface area (TPSA) is 76.4 Å². The Morgan fingerprint density at radius 1 is 1.33 bits per heavy atom. The standard InChI is InChI=1S/C17H19ClFN3O2/c1-2-3-8-21-24-16-10-15(13(19)9-12(16)18)22-17(23)11-6-4-5-7-14(11)20/h4-7,9-10,21H,2-3,8,20H2,1H3,(H,22,23). The average Bonchev–Trinajstić information content (AvgIpc) is 2.55. The fourth-order valence-corrected chi connectivity index (χ4v) is 2.16. The molecule has 2 rings (SSSR count). The van der Waals surface area contributed by atoms with Crippen molar-refractivity contribution < 1.29 is 14.0 Å². The normalized spacial score (nSPS) is 10.5. The van der Waals surface area contributed by atoms with Gasteiger partial charge in [-0.05, 0) is 24.6 Å². The molecule has 0 aliphatic heterocycles. The summed E-state index contributed by atoms with van der Waals surface area (Å²) in [6, 6.07) is 8.95. The first-order valence-corrected chi connectivity index (χ1v) is 7.95. The third-order valence-electron chi connectivity index (χ3n) is 3.29. The number of amides is 1. The monoisotopic (exact) mass is 351 g/mol. The van der Waals surface area contributed by atoms with E-state index in [1.165, 1.54) is 6.07 Å². The summed E-state index contributed by atoms with van der Waals surface area (Å²) in [6.45, 7) is 2.68. The Morgan fingerprint density at radius 3 is 2.79 bits per heavy atom. The highest BCUT2D eigenvalue weighted by atomic mass is 35.5. The molecule has 0 unspecified atom stereocenters. The van der Waals surface area contributed by atoms with E-state index in [0.29, 0.717) is 12.2 Å². The lowest BCUT2D eigenvalue weighted by atomic mass is 10.1. The van der Waals surface area contributed by atoms with E-state index in [2.05, 4.69) is 17.7 Å². The second-order valence-electron chi connectivity index (χ2n) is 5.15. The third-order valence-corrected chi connectivity index (χ3v) is 3.59. The van der Waals surface area contributed by atoms with Crippen LogP contribution in [0.2, 0.25) is 5.02 Å². The number of hydrogen-bond acceptors (Lipinski definition) is 4. The predicted octanol–water partition coefficient (Wildman–Crippen LogP) is 4.00. The first-order chi connectivity index (χ1) is 11.5. The number of nitrogen functional groups attached to an aromatic ring is 1. The van der Waals surface area contributed by atoms with E-state index in [-0.39, 0.29) is 22.0 Å². The number of nitrogens with one attached hydrogen (secondary N) is 2. The minimum Gasteiger partial charge on any atom is -0.407 e. The molecule has 0 saturated heterocycles. The van der Waals surface area contributed by atoms with E-state index in [0.717, 1.165) is 18.9 Å². The van der Waals surface area contributed by atoms with Crippen LogP contribution in [0.15, 0.2) is 36.4 Å². The fraction of sp³-hybridized carbons (Fsp3) is 0.235. The number of benzene rings is 2. The Bertz CT molecular complexity index is 725. The van der Waals surface area contributed by atoms with Gasteiger partial charge in [-0.15, -0.1) is 0 Å². The van der Waals surface area contributed by atoms with Crippen LogP contribution in [-0.4, -0.2) is 12.5 Å². The minimum atomic E-state index is -0.663. The molecule has 0 radical (unpaired) electrons. The van der Waals surface area contributed by atoms with Gasteiger partial charge in [0, 0.05) is 18.3 Å². The molecule has 0 aliphatic rings. The molecule has 5 nitrogen and oxygen atoms in total. The predicted molar refractivity (Wildman–Crippen MR) is 93.8 cm³/mol. The number of unbranched alkanes of at least 4 members (excludes halogenated alkanes) is 1. The molecule has 0 fully saturated rings. The van der Waals surface area contributed by atoms with Crippen molar-refractivity contribution in [1.82, 2.24) is 5.48 Å². The molecule has 0 atom stereocenters. The van der Waals surface area contributed by atoms with Crippen LogP contribution in [0.1, 0.15) is 30.1 Å². The summed E-state index contributed by atoms with van der Waals surface area (Å²) in [4.78, 5) is 17.6. The summed E-state index contributed by atoms with van der Waals surface area (Å²) in [5.41, 5.74) is 9.02. The fourth-order valence-electron chi connectivity index (χ4n) is 1.97. The van der Waals surface area contributed by atoms with Crippen molar-refractivity contribution in [3.05, 3.63) is 52.8 Å². The summed E-state index contributed by atoms with van der Waals surface area (Å²) in [5, 5.41) is 2.58. The Hall–Kier alpha value is -2.31. The van der Waals surface area contributed by atoms with E-state index < -0.39 is 11.7 Å². The number of carbonyl (C=O) groups is 1. The number of halogens is 2. The molecule has 2 aromatic rings. The van der Waals surface area contributed by atoms with Gasteiger partial charge >= 0.3 is 0 Å². The molecule has 1 amide bonds. The van der Waals surface area contributed by atoms with Crippen LogP contribution in [-0.2, 0) is 0 Å². The number of para-hydroxylation sites is 1. The van der Waals surface area contributed by atoms with Gasteiger partial charge < -0.3 is 15.9 Å². The third kappa shape index (κ3) is 4.59. The van der Waals surface area contributed by atoms with Gasteiger partial charge in [0.2, 0.25) is 0 Å². The number of carbonyl (C=O) groups excluding carboxylic acids is 1. The second-order valence-corrected chi connectivity index (χ2v) is 5.56. The summed E-state index contributed by atoms with van der Waals surface area (Å²) < 4.78 is 14.0. The summed E-state index contributed by atoms with van der Waals surface area (Å²) in [5.74, 6) is -0.950.